The molecular weight excluding hydrogens is 370 g/mol. The number of benzene rings is 1. The fourth-order valence-electron chi connectivity index (χ4n) is 3.22. The van der Waals surface area contributed by atoms with Crippen LogP contribution in [0.3, 0.4) is 0 Å². The average molecular weight is 398 g/mol. The Balaban J connectivity index is 1.75. The van der Waals surface area contributed by atoms with E-state index in [1.807, 2.05) is 29.7 Å². The first-order valence-corrected chi connectivity index (χ1v) is 10.5. The molecule has 0 N–H and O–H groups in total. The molecule has 2 heterocycles. The third-order valence-electron chi connectivity index (χ3n) is 4.92. The van der Waals surface area contributed by atoms with E-state index in [9.17, 15) is 9.59 Å². The summed E-state index contributed by atoms with van der Waals surface area (Å²) in [5, 5.41) is 0.724. The second kappa shape index (κ2) is 8.78. The van der Waals surface area contributed by atoms with Crippen LogP contribution in [0.15, 0.2) is 46.5 Å². The highest BCUT2D eigenvalue weighted by Gasteiger charge is 2.27. The number of hydrogen-bond donors (Lipinski definition) is 0. The van der Waals surface area contributed by atoms with Crippen molar-refractivity contribution in [1.82, 2.24) is 14.8 Å². The van der Waals surface area contributed by atoms with Crippen molar-refractivity contribution in [2.75, 3.05) is 26.2 Å². The molecule has 1 saturated heterocycles. The Morgan fingerprint density at radius 1 is 1.04 bits per heavy atom. The third kappa shape index (κ3) is 4.55. The molecule has 148 valence electrons. The Morgan fingerprint density at radius 2 is 1.71 bits per heavy atom. The Kier molecular flexibility index (Phi) is 6.39. The van der Waals surface area contributed by atoms with Crippen LogP contribution in [0.4, 0.5) is 0 Å². The van der Waals surface area contributed by atoms with Crippen molar-refractivity contribution in [2.24, 2.45) is 5.92 Å². The molecule has 1 aromatic carbocycles. The van der Waals surface area contributed by atoms with Crippen LogP contribution in [0.25, 0.3) is 0 Å². The number of amides is 2. The SMILES string of the molecule is Cc1ccc(C)c(Sc2ncccc2C(=O)N2CCN(C(=O)C(C)C)CC2)c1. The molecule has 1 aliphatic rings. The number of nitrogens with zero attached hydrogens (tertiary/aromatic N) is 3. The van der Waals surface area contributed by atoms with Gasteiger partial charge in [0.1, 0.15) is 5.03 Å². The smallest absolute Gasteiger partial charge is 0.256 e. The molecule has 2 amide bonds. The number of aromatic nitrogens is 1. The zero-order valence-electron chi connectivity index (χ0n) is 16.9. The molecular formula is C22H27N3O2S. The molecule has 0 unspecified atom stereocenters. The highest BCUT2D eigenvalue weighted by molar-refractivity contribution is 7.99. The highest BCUT2D eigenvalue weighted by Crippen LogP contribution is 2.32. The van der Waals surface area contributed by atoms with Gasteiger partial charge in [0.05, 0.1) is 5.56 Å². The van der Waals surface area contributed by atoms with Crippen molar-refractivity contribution in [2.45, 2.75) is 37.6 Å². The van der Waals surface area contributed by atoms with Gasteiger partial charge in [0.15, 0.2) is 0 Å². The van der Waals surface area contributed by atoms with E-state index in [1.54, 1.807) is 12.3 Å². The van der Waals surface area contributed by atoms with Crippen LogP contribution in [0.1, 0.15) is 35.3 Å². The van der Waals surface area contributed by atoms with Gasteiger partial charge in [-0.15, -0.1) is 0 Å². The number of carbonyl (C=O) groups excluding carboxylic acids is 2. The van der Waals surface area contributed by atoms with Crippen molar-refractivity contribution < 1.29 is 9.59 Å². The maximum atomic E-state index is 13.1. The van der Waals surface area contributed by atoms with Gasteiger partial charge in [-0.25, -0.2) is 4.98 Å². The summed E-state index contributed by atoms with van der Waals surface area (Å²) in [6, 6.07) is 9.95. The summed E-state index contributed by atoms with van der Waals surface area (Å²) in [6.07, 6.45) is 1.73. The maximum absolute atomic E-state index is 13.1. The lowest BCUT2D eigenvalue weighted by atomic mass is 10.1. The Morgan fingerprint density at radius 3 is 2.39 bits per heavy atom. The van der Waals surface area contributed by atoms with E-state index < -0.39 is 0 Å². The maximum Gasteiger partial charge on any atom is 0.256 e. The molecule has 0 saturated carbocycles. The first-order chi connectivity index (χ1) is 13.4. The van der Waals surface area contributed by atoms with E-state index >= 15 is 0 Å². The number of pyridine rings is 1. The van der Waals surface area contributed by atoms with E-state index in [-0.39, 0.29) is 17.7 Å². The van der Waals surface area contributed by atoms with Crippen molar-refractivity contribution in [3.05, 3.63) is 53.2 Å². The number of piperazine rings is 1. The summed E-state index contributed by atoms with van der Waals surface area (Å²) in [7, 11) is 0. The molecule has 1 aliphatic heterocycles. The molecule has 5 nitrogen and oxygen atoms in total. The van der Waals surface area contributed by atoms with Crippen LogP contribution in [0.2, 0.25) is 0 Å². The van der Waals surface area contributed by atoms with Crippen LogP contribution in [0.5, 0.6) is 0 Å². The summed E-state index contributed by atoms with van der Waals surface area (Å²) in [5.41, 5.74) is 2.97. The zero-order chi connectivity index (χ0) is 20.3. The van der Waals surface area contributed by atoms with Crippen LogP contribution in [-0.2, 0) is 4.79 Å². The number of rotatable bonds is 4. The zero-order valence-corrected chi connectivity index (χ0v) is 17.8. The second-order valence-corrected chi connectivity index (χ2v) is 8.53. The summed E-state index contributed by atoms with van der Waals surface area (Å²) in [4.78, 5) is 34.6. The topological polar surface area (TPSA) is 53.5 Å². The van der Waals surface area contributed by atoms with Crippen LogP contribution in [0, 0.1) is 19.8 Å². The molecule has 1 fully saturated rings. The predicted octanol–water partition coefficient (Wildman–Crippen LogP) is 3.79. The van der Waals surface area contributed by atoms with Crippen LogP contribution >= 0.6 is 11.8 Å². The normalized spacial score (nSPS) is 14.5. The first-order valence-electron chi connectivity index (χ1n) is 9.65. The van der Waals surface area contributed by atoms with E-state index in [0.29, 0.717) is 31.7 Å². The average Bonchev–Trinajstić information content (AvgIpc) is 2.70. The van der Waals surface area contributed by atoms with Gasteiger partial charge in [-0.3, -0.25) is 9.59 Å². The monoisotopic (exact) mass is 397 g/mol. The van der Waals surface area contributed by atoms with Gasteiger partial charge in [-0.05, 0) is 43.2 Å². The van der Waals surface area contributed by atoms with Crippen molar-refractivity contribution >= 4 is 23.6 Å². The molecule has 0 spiro atoms. The van der Waals surface area contributed by atoms with Crippen molar-refractivity contribution in [3.8, 4) is 0 Å². The van der Waals surface area contributed by atoms with Crippen molar-refractivity contribution in [3.63, 3.8) is 0 Å². The van der Waals surface area contributed by atoms with Crippen molar-refractivity contribution in [1.29, 1.82) is 0 Å². The van der Waals surface area contributed by atoms with Gasteiger partial charge in [0, 0.05) is 43.2 Å². The molecule has 0 radical (unpaired) electrons. The molecule has 2 aromatic rings. The van der Waals surface area contributed by atoms with E-state index in [2.05, 4.69) is 37.0 Å². The lowest BCUT2D eigenvalue weighted by Crippen LogP contribution is -2.51. The highest BCUT2D eigenvalue weighted by atomic mass is 32.2. The van der Waals surface area contributed by atoms with Gasteiger partial charge in [0.25, 0.3) is 5.91 Å². The largest absolute Gasteiger partial charge is 0.339 e. The number of carbonyl (C=O) groups is 2. The third-order valence-corrected chi connectivity index (χ3v) is 6.10. The fraction of sp³-hybridized carbons (Fsp3) is 0.409. The van der Waals surface area contributed by atoms with E-state index in [4.69, 9.17) is 0 Å². The van der Waals surface area contributed by atoms with Gasteiger partial charge in [0.2, 0.25) is 5.91 Å². The molecule has 28 heavy (non-hydrogen) atoms. The van der Waals surface area contributed by atoms with Crippen LogP contribution < -0.4 is 0 Å². The number of aryl methyl sites for hydroxylation is 2. The molecule has 3 rings (SSSR count). The Bertz CT molecular complexity index is 874. The van der Waals surface area contributed by atoms with E-state index in [0.717, 1.165) is 9.92 Å². The lowest BCUT2D eigenvalue weighted by Gasteiger charge is -2.35. The minimum atomic E-state index is -0.0162. The first kappa shape index (κ1) is 20.4. The summed E-state index contributed by atoms with van der Waals surface area (Å²) in [6.45, 7) is 10.2. The number of hydrogen-bond acceptors (Lipinski definition) is 4. The minimum Gasteiger partial charge on any atom is -0.339 e. The summed E-state index contributed by atoms with van der Waals surface area (Å²) in [5.74, 6) is 0.123. The Hall–Kier alpha value is -2.34. The van der Waals surface area contributed by atoms with Gasteiger partial charge in [-0.1, -0.05) is 37.7 Å². The lowest BCUT2D eigenvalue weighted by molar-refractivity contribution is -0.135. The molecule has 0 aliphatic carbocycles. The molecule has 0 bridgehead atoms. The molecule has 1 aromatic heterocycles. The molecule has 6 heteroatoms. The fourth-order valence-corrected chi connectivity index (χ4v) is 4.28. The van der Waals surface area contributed by atoms with Gasteiger partial charge >= 0.3 is 0 Å². The quantitative estimate of drug-likeness (QED) is 0.788. The van der Waals surface area contributed by atoms with Gasteiger partial charge < -0.3 is 9.80 Å². The van der Waals surface area contributed by atoms with E-state index in [1.165, 1.54) is 22.9 Å². The Labute approximate surface area is 171 Å². The minimum absolute atomic E-state index is 0.0128. The summed E-state index contributed by atoms with van der Waals surface area (Å²) < 4.78 is 0. The standard InChI is InChI=1S/C22H27N3O2S/c1-15(2)21(26)24-10-12-25(13-11-24)22(27)18-6-5-9-23-20(18)28-19-14-16(3)7-8-17(19)4/h5-9,14-15H,10-13H2,1-4H3. The van der Waals surface area contributed by atoms with Gasteiger partial charge in [-0.2, -0.15) is 0 Å². The summed E-state index contributed by atoms with van der Waals surface area (Å²) >= 11 is 1.53. The molecule has 0 atom stereocenters. The second-order valence-electron chi connectivity index (χ2n) is 7.50. The predicted molar refractivity (Wildman–Crippen MR) is 112 cm³/mol. The van der Waals surface area contributed by atoms with Crippen LogP contribution in [-0.4, -0.2) is 52.8 Å².